The molecule has 0 saturated heterocycles. The quantitative estimate of drug-likeness (QED) is 0.560. The lowest BCUT2D eigenvalue weighted by molar-refractivity contribution is -0.663. The SMILES string of the molecule is [2H]C([2H])([2H])c1cc(C)c(-c2nc(C(C)(C)C)c(C([2H])([2H])[2H])c[n+]2C)cc1-c1ccccc1. The Hall–Kier alpha value is -2.48. The van der Waals surface area contributed by atoms with E-state index in [-0.39, 0.29) is 11.1 Å². The minimum absolute atomic E-state index is 0.219. The van der Waals surface area contributed by atoms with Crippen molar-refractivity contribution in [1.29, 1.82) is 0 Å². The van der Waals surface area contributed by atoms with Crippen LogP contribution in [0.1, 0.15) is 51.4 Å². The fraction of sp³-hybridized carbons (Fsp3) is 0.333. The largest absolute Gasteiger partial charge is 0.330 e. The highest BCUT2D eigenvalue weighted by atomic mass is 15.0. The van der Waals surface area contributed by atoms with Crippen molar-refractivity contribution in [1.82, 2.24) is 4.98 Å². The minimum Gasteiger partial charge on any atom is -0.233 e. The molecule has 0 atom stereocenters. The summed E-state index contributed by atoms with van der Waals surface area (Å²) in [5.74, 6) is 0.592. The topological polar surface area (TPSA) is 16.8 Å². The van der Waals surface area contributed by atoms with Crippen LogP contribution < -0.4 is 4.57 Å². The first kappa shape index (κ1) is 12.0. The molecule has 0 spiro atoms. The van der Waals surface area contributed by atoms with Gasteiger partial charge in [-0.15, -0.1) is 0 Å². The first-order valence-electron chi connectivity index (χ1n) is 11.7. The van der Waals surface area contributed by atoms with Crippen LogP contribution in [0.4, 0.5) is 0 Å². The molecule has 0 amide bonds. The van der Waals surface area contributed by atoms with Gasteiger partial charge in [0, 0.05) is 19.2 Å². The molecule has 2 heteroatoms. The summed E-state index contributed by atoms with van der Waals surface area (Å²) in [5, 5.41) is 0. The van der Waals surface area contributed by atoms with Gasteiger partial charge in [0.25, 0.3) is 0 Å². The van der Waals surface area contributed by atoms with E-state index < -0.39 is 19.1 Å². The fourth-order valence-corrected chi connectivity index (χ4v) is 3.19. The molecule has 0 unspecified atom stereocenters. The number of aryl methyl sites for hydroxylation is 4. The van der Waals surface area contributed by atoms with Crippen LogP contribution >= 0.6 is 0 Å². The average molecular weight is 352 g/mol. The molecule has 0 fully saturated rings. The molecule has 0 saturated carbocycles. The summed E-state index contributed by atoms with van der Waals surface area (Å²) in [6.45, 7) is 3.11. The van der Waals surface area contributed by atoms with E-state index in [1.807, 2.05) is 64.1 Å². The van der Waals surface area contributed by atoms with E-state index in [4.69, 9.17) is 13.2 Å². The molecule has 0 N–H and O–H groups in total. The van der Waals surface area contributed by atoms with Crippen molar-refractivity contribution in [2.24, 2.45) is 7.05 Å². The Kier molecular flexibility index (Phi) is 3.08. The summed E-state index contributed by atoms with van der Waals surface area (Å²) in [6.07, 6.45) is 1.62. The van der Waals surface area contributed by atoms with Gasteiger partial charge in [-0.2, -0.15) is 0 Å². The molecule has 134 valence electrons. The summed E-state index contributed by atoms with van der Waals surface area (Å²) in [7, 11) is 1.77. The number of benzene rings is 2. The van der Waals surface area contributed by atoms with Gasteiger partial charge in [0.15, 0.2) is 5.69 Å². The highest BCUT2D eigenvalue weighted by molar-refractivity contribution is 5.74. The summed E-state index contributed by atoms with van der Waals surface area (Å²) in [4.78, 5) is 4.83. The van der Waals surface area contributed by atoms with Crippen molar-refractivity contribution < 1.29 is 12.8 Å². The maximum absolute atomic E-state index is 8.04. The van der Waals surface area contributed by atoms with Crippen LogP contribution in [0.5, 0.6) is 0 Å². The first-order chi connectivity index (χ1) is 14.6. The van der Waals surface area contributed by atoms with Gasteiger partial charge in [0.2, 0.25) is 0 Å². The molecule has 1 aromatic heterocycles. The Balaban J connectivity index is 2.36. The summed E-state index contributed by atoms with van der Waals surface area (Å²) < 4.78 is 49.7. The molecular weight excluding hydrogens is 316 g/mol. The Bertz CT molecular complexity index is 1140. The van der Waals surface area contributed by atoms with Crippen molar-refractivity contribution in [2.75, 3.05) is 0 Å². The number of nitrogens with zero attached hydrogens (tertiary/aromatic N) is 2. The monoisotopic (exact) mass is 351 g/mol. The Labute approximate surface area is 166 Å². The van der Waals surface area contributed by atoms with Gasteiger partial charge in [-0.1, -0.05) is 57.2 Å². The third-order valence-electron chi connectivity index (χ3n) is 4.53. The van der Waals surface area contributed by atoms with Crippen LogP contribution in [0, 0.1) is 20.6 Å². The van der Waals surface area contributed by atoms with Crippen LogP contribution in [0.15, 0.2) is 48.7 Å². The van der Waals surface area contributed by atoms with Crippen LogP contribution in [-0.4, -0.2) is 4.98 Å². The molecule has 0 bridgehead atoms. The molecule has 3 aromatic rings. The second kappa shape index (κ2) is 6.68. The van der Waals surface area contributed by atoms with Crippen molar-refractivity contribution in [2.45, 2.75) is 46.8 Å². The number of hydrogen-bond acceptors (Lipinski definition) is 1. The van der Waals surface area contributed by atoms with E-state index in [9.17, 15) is 0 Å². The van der Waals surface area contributed by atoms with Gasteiger partial charge in [-0.3, -0.25) is 0 Å². The van der Waals surface area contributed by atoms with E-state index in [0.29, 0.717) is 17.1 Å². The summed E-state index contributed by atoms with van der Waals surface area (Å²) in [5.41, 5.74) is 3.47. The first-order valence-corrected chi connectivity index (χ1v) is 8.73. The maximum atomic E-state index is 8.04. The van der Waals surface area contributed by atoms with Gasteiger partial charge in [0.05, 0.1) is 18.8 Å². The highest BCUT2D eigenvalue weighted by Gasteiger charge is 2.28. The van der Waals surface area contributed by atoms with E-state index >= 15 is 0 Å². The van der Waals surface area contributed by atoms with Crippen molar-refractivity contribution >= 4 is 0 Å². The molecule has 0 aliphatic heterocycles. The fourth-order valence-electron chi connectivity index (χ4n) is 3.19. The normalized spacial score (nSPS) is 16.0. The third kappa shape index (κ3) is 3.41. The molecule has 3 rings (SSSR count). The number of aromatic nitrogens is 2. The molecule has 0 aliphatic rings. The Morgan fingerprint density at radius 1 is 0.923 bits per heavy atom. The zero-order valence-electron chi connectivity index (χ0n) is 22.0. The zero-order chi connectivity index (χ0) is 24.1. The lowest BCUT2D eigenvalue weighted by atomic mass is 9.89. The second-order valence-electron chi connectivity index (χ2n) is 7.77. The van der Waals surface area contributed by atoms with Crippen molar-refractivity contribution in [3.8, 4) is 22.5 Å². The van der Waals surface area contributed by atoms with Crippen LogP contribution in [-0.2, 0) is 12.5 Å². The lowest BCUT2D eigenvalue weighted by Gasteiger charge is -2.17. The lowest BCUT2D eigenvalue weighted by Crippen LogP contribution is -2.35. The van der Waals surface area contributed by atoms with Gasteiger partial charge < -0.3 is 0 Å². The van der Waals surface area contributed by atoms with Crippen molar-refractivity contribution in [3.63, 3.8) is 0 Å². The maximum Gasteiger partial charge on any atom is 0.330 e. The van der Waals surface area contributed by atoms with Gasteiger partial charge in [-0.25, -0.2) is 4.57 Å². The minimum atomic E-state index is -2.29. The van der Waals surface area contributed by atoms with Crippen LogP contribution in [0.2, 0.25) is 0 Å². The van der Waals surface area contributed by atoms with E-state index in [0.717, 1.165) is 16.7 Å². The van der Waals surface area contributed by atoms with E-state index in [2.05, 4.69) is 0 Å². The zero-order valence-corrected chi connectivity index (χ0v) is 16.0. The molecule has 2 nitrogen and oxygen atoms in total. The summed E-state index contributed by atoms with van der Waals surface area (Å²) in [6, 6.07) is 13.0. The summed E-state index contributed by atoms with van der Waals surface area (Å²) >= 11 is 0. The predicted molar refractivity (Wildman–Crippen MR) is 109 cm³/mol. The molecule has 1 heterocycles. The van der Waals surface area contributed by atoms with Crippen molar-refractivity contribution in [3.05, 3.63) is 71.0 Å². The van der Waals surface area contributed by atoms with Crippen LogP contribution in [0.25, 0.3) is 22.5 Å². The van der Waals surface area contributed by atoms with Gasteiger partial charge in [-0.05, 0) is 53.9 Å². The molecule has 0 radical (unpaired) electrons. The number of rotatable bonds is 2. The van der Waals surface area contributed by atoms with Crippen LogP contribution in [0.3, 0.4) is 0 Å². The molecule has 26 heavy (non-hydrogen) atoms. The molecular formula is C24H29N2+. The highest BCUT2D eigenvalue weighted by Crippen LogP contribution is 2.31. The third-order valence-corrected chi connectivity index (χ3v) is 4.53. The number of hydrogen-bond donors (Lipinski definition) is 0. The van der Waals surface area contributed by atoms with Gasteiger partial charge >= 0.3 is 5.82 Å². The predicted octanol–water partition coefficient (Wildman–Crippen LogP) is 5.46. The standard InChI is InChI=1S/C24H29N2/c1-16-13-17(2)21(14-20(16)19-11-9-8-10-12-19)23-25-22(24(4,5)6)18(3)15-26(23)7/h8-15H,1-7H3/q+1/i1D3,3D3. The second-order valence-corrected chi connectivity index (χ2v) is 7.77. The van der Waals surface area contributed by atoms with E-state index in [1.54, 1.807) is 23.9 Å². The Morgan fingerprint density at radius 2 is 1.62 bits per heavy atom. The van der Waals surface area contributed by atoms with E-state index in [1.165, 1.54) is 0 Å². The van der Waals surface area contributed by atoms with Gasteiger partial charge in [0.1, 0.15) is 0 Å². The average Bonchev–Trinajstić information content (AvgIpc) is 2.66. The molecule has 0 aliphatic carbocycles. The smallest absolute Gasteiger partial charge is 0.233 e. The molecule has 2 aromatic carbocycles. The Morgan fingerprint density at radius 3 is 2.23 bits per heavy atom.